The Labute approximate surface area is 169 Å². The van der Waals surface area contributed by atoms with E-state index in [2.05, 4.69) is 11.9 Å². The van der Waals surface area contributed by atoms with Gasteiger partial charge in [-0.15, -0.1) is 0 Å². The summed E-state index contributed by atoms with van der Waals surface area (Å²) in [7, 11) is 0. The normalized spacial score (nSPS) is 10.4. The molecule has 2 aromatic carbocycles. The number of fused-ring (bicyclic) bond motifs is 1. The maximum atomic E-state index is 11.9. The molecule has 0 heterocycles. The van der Waals surface area contributed by atoms with Crippen LogP contribution in [0.3, 0.4) is 0 Å². The first-order valence-corrected chi connectivity index (χ1v) is 9.13. The molecule has 0 saturated carbocycles. The predicted molar refractivity (Wildman–Crippen MR) is 107 cm³/mol. The van der Waals surface area contributed by atoms with Gasteiger partial charge in [0.2, 0.25) is 0 Å². The van der Waals surface area contributed by atoms with E-state index in [1.165, 1.54) is 0 Å². The third-order valence-electron chi connectivity index (χ3n) is 3.70. The predicted octanol–water partition coefficient (Wildman–Crippen LogP) is 2.44. The minimum Gasteiger partial charge on any atom is -0.491 e. The van der Waals surface area contributed by atoms with Crippen molar-refractivity contribution >= 4 is 22.8 Å². The van der Waals surface area contributed by atoms with Crippen LogP contribution in [0.4, 0.5) is 4.79 Å². The molecular formula is C21H25NO7. The van der Waals surface area contributed by atoms with Crippen LogP contribution in [0.25, 0.3) is 10.8 Å². The zero-order chi connectivity index (χ0) is 21.1. The van der Waals surface area contributed by atoms with Crippen LogP contribution >= 0.6 is 0 Å². The van der Waals surface area contributed by atoms with Crippen molar-refractivity contribution in [1.29, 1.82) is 0 Å². The topological polar surface area (TPSA) is 103 Å². The summed E-state index contributed by atoms with van der Waals surface area (Å²) < 4.78 is 20.9. The highest BCUT2D eigenvalue weighted by molar-refractivity contribution is 5.90. The Morgan fingerprint density at radius 3 is 2.69 bits per heavy atom. The third-order valence-corrected chi connectivity index (χ3v) is 3.70. The SMILES string of the molecule is C=C(C)C(=O)OCCOCCNC(=O)Oc1ccc2c(OCCO)cccc2c1. The van der Waals surface area contributed by atoms with Crippen molar-refractivity contribution in [2.75, 3.05) is 39.6 Å². The van der Waals surface area contributed by atoms with Crippen molar-refractivity contribution in [3.05, 3.63) is 48.6 Å². The van der Waals surface area contributed by atoms with Crippen LogP contribution in [-0.4, -0.2) is 56.7 Å². The third kappa shape index (κ3) is 7.44. The second-order valence-corrected chi connectivity index (χ2v) is 6.06. The summed E-state index contributed by atoms with van der Waals surface area (Å²) in [4.78, 5) is 23.1. The van der Waals surface area contributed by atoms with Crippen molar-refractivity contribution in [2.45, 2.75) is 6.92 Å². The Morgan fingerprint density at radius 2 is 1.93 bits per heavy atom. The number of nitrogens with one attached hydrogen (secondary N) is 1. The molecule has 156 valence electrons. The highest BCUT2D eigenvalue weighted by atomic mass is 16.6. The smallest absolute Gasteiger partial charge is 0.412 e. The summed E-state index contributed by atoms with van der Waals surface area (Å²) in [5.41, 5.74) is 0.331. The van der Waals surface area contributed by atoms with Crippen LogP contribution in [0.2, 0.25) is 0 Å². The fraction of sp³-hybridized carbons (Fsp3) is 0.333. The average Bonchev–Trinajstić information content (AvgIpc) is 2.70. The molecule has 1 amide bonds. The molecule has 2 N–H and O–H groups in total. The van der Waals surface area contributed by atoms with Gasteiger partial charge < -0.3 is 29.4 Å². The zero-order valence-electron chi connectivity index (χ0n) is 16.3. The highest BCUT2D eigenvalue weighted by Crippen LogP contribution is 2.28. The maximum absolute atomic E-state index is 11.9. The quantitative estimate of drug-likeness (QED) is 0.337. The molecule has 0 aliphatic rings. The molecule has 0 fully saturated rings. The summed E-state index contributed by atoms with van der Waals surface area (Å²) in [5.74, 6) is 0.582. The van der Waals surface area contributed by atoms with Gasteiger partial charge in [-0.1, -0.05) is 18.7 Å². The van der Waals surface area contributed by atoms with Crippen LogP contribution in [-0.2, 0) is 14.3 Å². The number of carbonyl (C=O) groups is 2. The largest absolute Gasteiger partial charge is 0.491 e. The molecule has 0 aliphatic heterocycles. The molecule has 0 unspecified atom stereocenters. The first kappa shape index (κ1) is 22.2. The van der Waals surface area contributed by atoms with Gasteiger partial charge in [0.15, 0.2) is 0 Å². The number of amides is 1. The lowest BCUT2D eigenvalue weighted by atomic mass is 10.1. The number of hydrogen-bond donors (Lipinski definition) is 2. The lowest BCUT2D eigenvalue weighted by Gasteiger charge is -2.10. The molecule has 0 saturated heterocycles. The lowest BCUT2D eigenvalue weighted by molar-refractivity contribution is -0.140. The van der Waals surface area contributed by atoms with Crippen molar-refractivity contribution in [2.24, 2.45) is 0 Å². The fourth-order valence-corrected chi connectivity index (χ4v) is 2.36. The highest BCUT2D eigenvalue weighted by Gasteiger charge is 2.07. The van der Waals surface area contributed by atoms with Crippen LogP contribution in [0.5, 0.6) is 11.5 Å². The maximum Gasteiger partial charge on any atom is 0.412 e. The first-order chi connectivity index (χ1) is 14.0. The van der Waals surface area contributed by atoms with Crippen LogP contribution in [0.15, 0.2) is 48.6 Å². The standard InChI is InChI=1S/C21H25NO7/c1-15(2)20(24)28-13-12-26-10-8-22-21(25)29-17-6-7-18-16(14-17)4-3-5-19(18)27-11-9-23/h3-7,14,23H,1,8-13H2,2H3,(H,22,25). The van der Waals surface area contributed by atoms with Gasteiger partial charge in [-0.05, 0) is 36.6 Å². The summed E-state index contributed by atoms with van der Waals surface area (Å²) >= 11 is 0. The summed E-state index contributed by atoms with van der Waals surface area (Å²) in [5, 5.41) is 13.2. The Kier molecular flexibility index (Phi) is 8.94. The molecule has 8 nitrogen and oxygen atoms in total. The number of hydrogen-bond acceptors (Lipinski definition) is 7. The molecule has 0 spiro atoms. The second-order valence-electron chi connectivity index (χ2n) is 6.06. The summed E-state index contributed by atoms with van der Waals surface area (Å²) in [6, 6.07) is 10.7. The van der Waals surface area contributed by atoms with E-state index < -0.39 is 12.1 Å². The Bertz CT molecular complexity index is 850. The Morgan fingerprint density at radius 1 is 1.10 bits per heavy atom. The number of ether oxygens (including phenoxy) is 4. The van der Waals surface area contributed by atoms with Crippen LogP contribution in [0.1, 0.15) is 6.92 Å². The first-order valence-electron chi connectivity index (χ1n) is 9.13. The van der Waals surface area contributed by atoms with Crippen molar-refractivity contribution in [3.63, 3.8) is 0 Å². The van der Waals surface area contributed by atoms with E-state index in [0.29, 0.717) is 17.1 Å². The molecule has 0 aliphatic carbocycles. The minimum atomic E-state index is -0.602. The van der Waals surface area contributed by atoms with E-state index >= 15 is 0 Å². The van der Waals surface area contributed by atoms with Crippen molar-refractivity contribution in [1.82, 2.24) is 5.32 Å². The molecule has 0 atom stereocenters. The molecule has 0 bridgehead atoms. The van der Waals surface area contributed by atoms with Crippen molar-refractivity contribution in [3.8, 4) is 11.5 Å². The van der Waals surface area contributed by atoms with Gasteiger partial charge in [-0.3, -0.25) is 0 Å². The van der Waals surface area contributed by atoms with Gasteiger partial charge in [-0.2, -0.15) is 0 Å². The molecule has 0 radical (unpaired) electrons. The van der Waals surface area contributed by atoms with Gasteiger partial charge in [0.05, 0.1) is 19.8 Å². The number of rotatable bonds is 11. The van der Waals surface area contributed by atoms with Crippen LogP contribution in [0, 0.1) is 0 Å². The number of aliphatic hydroxyl groups excluding tert-OH is 1. The van der Waals surface area contributed by atoms with E-state index in [0.717, 1.165) is 10.8 Å². The van der Waals surface area contributed by atoms with Gasteiger partial charge in [0.1, 0.15) is 24.7 Å². The lowest BCUT2D eigenvalue weighted by Crippen LogP contribution is -2.30. The van der Waals surface area contributed by atoms with E-state index in [4.69, 9.17) is 24.1 Å². The number of carbonyl (C=O) groups excluding carboxylic acids is 2. The van der Waals surface area contributed by atoms with Crippen LogP contribution < -0.4 is 14.8 Å². The molecule has 2 rings (SSSR count). The van der Waals surface area contributed by atoms with E-state index in [9.17, 15) is 9.59 Å². The molecular weight excluding hydrogens is 378 g/mol. The minimum absolute atomic E-state index is 0.0683. The van der Waals surface area contributed by atoms with Crippen molar-refractivity contribution < 1.29 is 33.6 Å². The Balaban J connectivity index is 1.73. The number of benzene rings is 2. The second kappa shape index (κ2) is 11.7. The molecule has 29 heavy (non-hydrogen) atoms. The fourth-order valence-electron chi connectivity index (χ4n) is 2.36. The molecule has 8 heteroatoms. The molecule has 2 aromatic rings. The average molecular weight is 403 g/mol. The summed E-state index contributed by atoms with van der Waals surface area (Å²) in [6.07, 6.45) is -0.602. The van der Waals surface area contributed by atoms with E-state index in [1.807, 2.05) is 18.2 Å². The monoisotopic (exact) mass is 403 g/mol. The van der Waals surface area contributed by atoms with Gasteiger partial charge in [0.25, 0.3) is 0 Å². The van der Waals surface area contributed by atoms with E-state index in [-0.39, 0.29) is 39.6 Å². The van der Waals surface area contributed by atoms with E-state index in [1.54, 1.807) is 25.1 Å². The van der Waals surface area contributed by atoms with Gasteiger partial charge in [0, 0.05) is 17.5 Å². The van der Waals surface area contributed by atoms with Gasteiger partial charge in [-0.25, -0.2) is 9.59 Å². The Hall–Kier alpha value is -3.10. The summed E-state index contributed by atoms with van der Waals surface area (Å²) in [6.45, 7) is 6.03. The molecule has 0 aromatic heterocycles. The zero-order valence-corrected chi connectivity index (χ0v) is 16.3. The number of esters is 1. The van der Waals surface area contributed by atoms with Gasteiger partial charge >= 0.3 is 12.1 Å². The number of aliphatic hydroxyl groups is 1.